The van der Waals surface area contributed by atoms with E-state index in [1.807, 2.05) is 0 Å². The number of nitrogens with two attached hydrogens (primary N) is 1. The highest BCUT2D eigenvalue weighted by Gasteiger charge is 2.40. The van der Waals surface area contributed by atoms with Gasteiger partial charge in [0.15, 0.2) is 34.8 Å². The largest absolute Gasteiger partial charge is 0.454 e. The maximum atomic E-state index is 14.9. The molecule has 3 aromatic rings. The summed E-state index contributed by atoms with van der Waals surface area (Å²) in [7, 11) is 0. The Hall–Kier alpha value is -3.20. The van der Waals surface area contributed by atoms with E-state index in [0.717, 1.165) is 0 Å². The molecular weight excluding hydrogens is 446 g/mol. The van der Waals surface area contributed by atoms with Crippen molar-refractivity contribution in [2.75, 3.05) is 18.8 Å². The van der Waals surface area contributed by atoms with Gasteiger partial charge in [0, 0.05) is 29.2 Å². The van der Waals surface area contributed by atoms with E-state index in [0.29, 0.717) is 49.7 Å². The van der Waals surface area contributed by atoms with Crippen LogP contribution in [0.4, 0.5) is 32.0 Å². The molecule has 3 N–H and O–H groups in total. The van der Waals surface area contributed by atoms with E-state index in [9.17, 15) is 26.3 Å². The van der Waals surface area contributed by atoms with Gasteiger partial charge in [-0.2, -0.15) is 0 Å². The van der Waals surface area contributed by atoms with Crippen LogP contribution in [-0.4, -0.2) is 13.1 Å². The van der Waals surface area contributed by atoms with Crippen molar-refractivity contribution in [1.29, 1.82) is 0 Å². The Labute approximate surface area is 186 Å². The summed E-state index contributed by atoms with van der Waals surface area (Å²) in [5, 5.41) is 3.15. The fourth-order valence-corrected chi connectivity index (χ4v) is 4.29. The molecule has 174 valence electrons. The summed E-state index contributed by atoms with van der Waals surface area (Å²) in [5.41, 5.74) is 4.27. The van der Waals surface area contributed by atoms with Gasteiger partial charge in [-0.15, -0.1) is 0 Å². The fourth-order valence-electron chi connectivity index (χ4n) is 4.29. The van der Waals surface area contributed by atoms with Crippen LogP contribution in [0.2, 0.25) is 0 Å². The molecule has 1 fully saturated rings. The molecule has 3 aromatic carbocycles. The summed E-state index contributed by atoms with van der Waals surface area (Å²) < 4.78 is 89.0. The van der Waals surface area contributed by atoms with Crippen molar-refractivity contribution < 1.29 is 31.1 Å². The van der Waals surface area contributed by atoms with Crippen molar-refractivity contribution in [3.63, 3.8) is 0 Å². The van der Waals surface area contributed by atoms with Crippen LogP contribution in [0.1, 0.15) is 24.0 Å². The second-order valence-corrected chi connectivity index (χ2v) is 8.09. The first-order valence-corrected chi connectivity index (χ1v) is 10.3. The molecule has 0 aromatic heterocycles. The lowest BCUT2D eigenvalue weighted by atomic mass is 9.68. The van der Waals surface area contributed by atoms with Crippen molar-refractivity contribution in [3.05, 3.63) is 88.5 Å². The van der Waals surface area contributed by atoms with Crippen LogP contribution < -0.4 is 15.8 Å². The monoisotopic (exact) mass is 466 g/mol. The molecule has 1 aliphatic heterocycles. The molecule has 1 aliphatic rings. The van der Waals surface area contributed by atoms with E-state index < -0.39 is 51.8 Å². The summed E-state index contributed by atoms with van der Waals surface area (Å²) in [6, 6.07) is 7.81. The van der Waals surface area contributed by atoms with Crippen LogP contribution in [0.15, 0.2) is 42.5 Å². The van der Waals surface area contributed by atoms with Gasteiger partial charge in [0.05, 0.1) is 0 Å². The number of hydrogen-bond donors (Lipinski definition) is 2. The van der Waals surface area contributed by atoms with Gasteiger partial charge in [0.2, 0.25) is 0 Å². The zero-order chi connectivity index (χ0) is 23.8. The number of benzene rings is 3. The molecule has 9 heteroatoms. The lowest BCUT2D eigenvalue weighted by Gasteiger charge is -2.39. The lowest BCUT2D eigenvalue weighted by molar-refractivity contribution is 0.284. The number of halogens is 6. The van der Waals surface area contributed by atoms with Crippen molar-refractivity contribution in [1.82, 2.24) is 5.32 Å². The highest BCUT2D eigenvalue weighted by molar-refractivity contribution is 5.49. The molecule has 0 unspecified atom stereocenters. The van der Waals surface area contributed by atoms with Crippen LogP contribution in [0.25, 0.3) is 0 Å². The molecule has 33 heavy (non-hydrogen) atoms. The molecule has 0 saturated carbocycles. The van der Waals surface area contributed by atoms with Gasteiger partial charge in [-0.1, -0.05) is 12.1 Å². The average Bonchev–Trinajstić information content (AvgIpc) is 2.78. The summed E-state index contributed by atoms with van der Waals surface area (Å²) in [4.78, 5) is 0. The molecule has 0 radical (unpaired) electrons. The summed E-state index contributed by atoms with van der Waals surface area (Å²) in [5.74, 6) is -7.20. The minimum Gasteiger partial charge on any atom is -0.454 e. The quantitative estimate of drug-likeness (QED) is 0.286. The normalized spacial score (nSPS) is 15.5. The Balaban J connectivity index is 1.63. The molecule has 0 atom stereocenters. The van der Waals surface area contributed by atoms with Crippen LogP contribution >= 0.6 is 0 Å². The van der Waals surface area contributed by atoms with Crippen LogP contribution in [0.3, 0.4) is 0 Å². The second-order valence-electron chi connectivity index (χ2n) is 8.09. The molecule has 1 saturated heterocycles. The minimum atomic E-state index is -1.33. The van der Waals surface area contributed by atoms with Gasteiger partial charge in [-0.3, -0.25) is 0 Å². The highest BCUT2D eigenvalue weighted by atomic mass is 19.2. The third-order valence-electron chi connectivity index (χ3n) is 5.97. The minimum absolute atomic E-state index is 0.159. The molecule has 0 spiro atoms. The van der Waals surface area contributed by atoms with Gasteiger partial charge in [0.1, 0.15) is 17.3 Å². The maximum absolute atomic E-state index is 14.9. The number of nitrogen functional groups attached to an aromatic ring is 1. The van der Waals surface area contributed by atoms with Gasteiger partial charge in [-0.05, 0) is 50.0 Å². The number of piperidine rings is 1. The van der Waals surface area contributed by atoms with Crippen molar-refractivity contribution >= 4 is 5.69 Å². The Bertz CT molecular complexity index is 1180. The van der Waals surface area contributed by atoms with E-state index in [4.69, 9.17) is 10.5 Å². The van der Waals surface area contributed by atoms with E-state index >= 15 is 0 Å². The third kappa shape index (κ3) is 4.50. The Morgan fingerprint density at radius 3 is 2.06 bits per heavy atom. The molecule has 0 bridgehead atoms. The number of rotatable bonds is 5. The predicted octanol–water partition coefficient (Wildman–Crippen LogP) is 5.76. The number of ether oxygens (including phenoxy) is 1. The van der Waals surface area contributed by atoms with Gasteiger partial charge in [-0.25, -0.2) is 26.3 Å². The predicted molar refractivity (Wildman–Crippen MR) is 111 cm³/mol. The van der Waals surface area contributed by atoms with Gasteiger partial charge in [0.25, 0.3) is 0 Å². The van der Waals surface area contributed by atoms with Crippen molar-refractivity contribution in [3.8, 4) is 11.5 Å². The van der Waals surface area contributed by atoms with Crippen LogP contribution in [0.5, 0.6) is 11.5 Å². The first-order valence-electron chi connectivity index (χ1n) is 10.3. The van der Waals surface area contributed by atoms with E-state index in [2.05, 4.69) is 5.32 Å². The van der Waals surface area contributed by atoms with Crippen molar-refractivity contribution in [2.45, 2.75) is 24.7 Å². The topological polar surface area (TPSA) is 47.3 Å². The first kappa shape index (κ1) is 23.0. The zero-order valence-corrected chi connectivity index (χ0v) is 17.3. The molecular formula is C24H20F6N2O. The lowest BCUT2D eigenvalue weighted by Crippen LogP contribution is -2.43. The average molecular weight is 466 g/mol. The Morgan fingerprint density at radius 2 is 1.39 bits per heavy atom. The van der Waals surface area contributed by atoms with E-state index in [1.165, 1.54) is 12.1 Å². The van der Waals surface area contributed by atoms with E-state index in [1.54, 1.807) is 12.1 Å². The van der Waals surface area contributed by atoms with Crippen LogP contribution in [0, 0.1) is 34.9 Å². The second kappa shape index (κ2) is 8.97. The Morgan fingerprint density at radius 1 is 0.788 bits per heavy atom. The molecule has 4 rings (SSSR count). The number of nitrogens with one attached hydrogen (secondary N) is 1. The van der Waals surface area contributed by atoms with E-state index in [-0.39, 0.29) is 17.7 Å². The summed E-state index contributed by atoms with van der Waals surface area (Å²) in [6.45, 7) is 1.01. The molecule has 0 aliphatic carbocycles. The number of hydrogen-bond acceptors (Lipinski definition) is 3. The molecule has 0 amide bonds. The molecule has 3 nitrogen and oxygen atoms in total. The summed E-state index contributed by atoms with van der Waals surface area (Å²) in [6.07, 6.45) is 1.02. The smallest absolute Gasteiger partial charge is 0.168 e. The zero-order valence-electron chi connectivity index (χ0n) is 17.3. The van der Waals surface area contributed by atoms with Crippen molar-refractivity contribution in [2.24, 2.45) is 0 Å². The standard InChI is InChI=1S/C24H20F6N2O/c25-15-9-17(27)20(11-16(15)26)33-14-3-1-13(2-4-14)12-24(5-7-32-8-6-24)21-18(28)10-19(29)23(31)22(21)30/h1-4,9-11,32H,5-8,12,31H2. The van der Waals surface area contributed by atoms with Gasteiger partial charge >= 0.3 is 0 Å². The summed E-state index contributed by atoms with van der Waals surface area (Å²) >= 11 is 0. The maximum Gasteiger partial charge on any atom is 0.168 e. The third-order valence-corrected chi connectivity index (χ3v) is 5.97. The van der Waals surface area contributed by atoms with Crippen LogP contribution in [-0.2, 0) is 11.8 Å². The SMILES string of the molecule is Nc1c(F)cc(F)c(C2(Cc3ccc(Oc4cc(F)c(F)cc4F)cc3)CCNCC2)c1F. The number of anilines is 1. The Kier molecular flexibility index (Phi) is 6.25. The highest BCUT2D eigenvalue weighted by Crippen LogP contribution is 2.42. The fraction of sp³-hybridized carbons (Fsp3) is 0.250. The van der Waals surface area contributed by atoms with Gasteiger partial charge < -0.3 is 15.8 Å². The first-order chi connectivity index (χ1) is 15.7. The molecule has 1 heterocycles.